The van der Waals surface area contributed by atoms with Gasteiger partial charge in [0, 0.05) is 48.8 Å². The summed E-state index contributed by atoms with van der Waals surface area (Å²) in [5.41, 5.74) is 2.27. The van der Waals surface area contributed by atoms with E-state index < -0.39 is 0 Å². The number of nitrogens with zero attached hydrogens (tertiary/aromatic N) is 1. The van der Waals surface area contributed by atoms with Crippen LogP contribution in [0.4, 0.5) is 5.69 Å². The van der Waals surface area contributed by atoms with Gasteiger partial charge in [-0.2, -0.15) is 11.8 Å². The third-order valence-electron chi connectivity index (χ3n) is 5.04. The first-order valence-electron chi connectivity index (χ1n) is 9.14. The molecule has 1 aromatic carbocycles. The average molecular weight is 384 g/mol. The Bertz CT molecular complexity index is 534. The Hall–Kier alpha value is -0.750. The predicted molar refractivity (Wildman–Crippen MR) is 110 cm³/mol. The first-order chi connectivity index (χ1) is 11.7. The van der Waals surface area contributed by atoms with Crippen molar-refractivity contribution in [3.8, 4) is 0 Å². The molecule has 0 radical (unpaired) electrons. The summed E-state index contributed by atoms with van der Waals surface area (Å²) in [5.74, 6) is 2.83. The minimum absolute atomic E-state index is 0. The molecule has 0 unspecified atom stereocenters. The van der Waals surface area contributed by atoms with Crippen molar-refractivity contribution in [2.75, 3.05) is 43.0 Å². The number of piperidine rings is 1. The standard InChI is InChI=1S/C19H29N3OS.ClH/c1-15-14-17(6-8-20-15)19(23)21-18-4-2-16(3-5-18)7-9-22-10-12-24-13-11-22;/h2-5,15,17,20H,6-14H2,1H3,(H,21,23);1H/t15-,17-;/m0./s1. The summed E-state index contributed by atoms with van der Waals surface area (Å²) in [7, 11) is 0. The van der Waals surface area contributed by atoms with Crippen molar-refractivity contribution >= 4 is 35.8 Å². The minimum atomic E-state index is 0. The molecule has 0 saturated carbocycles. The summed E-state index contributed by atoms with van der Waals surface area (Å²) in [6.45, 7) is 6.66. The zero-order valence-corrected chi connectivity index (χ0v) is 16.6. The third-order valence-corrected chi connectivity index (χ3v) is 5.98. The van der Waals surface area contributed by atoms with E-state index in [-0.39, 0.29) is 24.2 Å². The molecular weight excluding hydrogens is 354 g/mol. The molecule has 4 nitrogen and oxygen atoms in total. The number of carbonyl (C=O) groups is 1. The molecule has 0 aromatic heterocycles. The highest BCUT2D eigenvalue weighted by Gasteiger charge is 2.24. The summed E-state index contributed by atoms with van der Waals surface area (Å²) in [4.78, 5) is 14.9. The summed E-state index contributed by atoms with van der Waals surface area (Å²) in [6, 6.07) is 8.83. The Morgan fingerprint density at radius 2 is 2.00 bits per heavy atom. The molecule has 2 aliphatic rings. The van der Waals surface area contributed by atoms with Crippen LogP contribution in [0.15, 0.2) is 24.3 Å². The van der Waals surface area contributed by atoms with E-state index in [2.05, 4.69) is 46.4 Å². The Balaban J connectivity index is 0.00000225. The molecule has 2 fully saturated rings. The maximum Gasteiger partial charge on any atom is 0.227 e. The number of benzene rings is 1. The highest BCUT2D eigenvalue weighted by atomic mass is 35.5. The second-order valence-corrected chi connectivity index (χ2v) is 8.19. The van der Waals surface area contributed by atoms with Crippen LogP contribution in [0.2, 0.25) is 0 Å². The topological polar surface area (TPSA) is 44.4 Å². The van der Waals surface area contributed by atoms with E-state index in [4.69, 9.17) is 0 Å². The number of thioether (sulfide) groups is 1. The van der Waals surface area contributed by atoms with Gasteiger partial charge in [0.1, 0.15) is 0 Å². The van der Waals surface area contributed by atoms with Crippen LogP contribution in [0.1, 0.15) is 25.3 Å². The normalized spacial score (nSPS) is 24.4. The van der Waals surface area contributed by atoms with Crippen LogP contribution in [0.25, 0.3) is 0 Å². The van der Waals surface area contributed by atoms with Crippen LogP contribution in [0.3, 0.4) is 0 Å². The van der Waals surface area contributed by atoms with Gasteiger partial charge in [-0.1, -0.05) is 12.1 Å². The van der Waals surface area contributed by atoms with E-state index >= 15 is 0 Å². The molecule has 0 bridgehead atoms. The Labute approximate surface area is 161 Å². The molecule has 25 heavy (non-hydrogen) atoms. The maximum absolute atomic E-state index is 12.4. The molecule has 140 valence electrons. The molecule has 2 heterocycles. The van der Waals surface area contributed by atoms with E-state index in [0.717, 1.165) is 38.0 Å². The van der Waals surface area contributed by atoms with Gasteiger partial charge in [0.15, 0.2) is 0 Å². The van der Waals surface area contributed by atoms with Crippen molar-refractivity contribution in [1.82, 2.24) is 10.2 Å². The number of carbonyl (C=O) groups excluding carboxylic acids is 1. The molecule has 0 aliphatic carbocycles. The van der Waals surface area contributed by atoms with E-state index in [1.54, 1.807) is 0 Å². The Morgan fingerprint density at radius 1 is 1.28 bits per heavy atom. The second-order valence-electron chi connectivity index (χ2n) is 6.97. The number of nitrogens with one attached hydrogen (secondary N) is 2. The van der Waals surface area contributed by atoms with Gasteiger partial charge in [-0.25, -0.2) is 0 Å². The molecule has 2 aliphatic heterocycles. The predicted octanol–water partition coefficient (Wildman–Crippen LogP) is 3.03. The minimum Gasteiger partial charge on any atom is -0.326 e. The summed E-state index contributed by atoms with van der Waals surface area (Å²) in [5, 5.41) is 6.48. The first-order valence-corrected chi connectivity index (χ1v) is 10.3. The number of hydrogen-bond donors (Lipinski definition) is 2. The lowest BCUT2D eigenvalue weighted by atomic mass is 9.92. The highest BCUT2D eigenvalue weighted by Crippen LogP contribution is 2.19. The van der Waals surface area contributed by atoms with Crippen molar-refractivity contribution in [3.63, 3.8) is 0 Å². The lowest BCUT2D eigenvalue weighted by molar-refractivity contribution is -0.120. The molecule has 6 heteroatoms. The van der Waals surface area contributed by atoms with Crippen LogP contribution in [0, 0.1) is 5.92 Å². The molecular formula is C19H30ClN3OS. The van der Waals surface area contributed by atoms with E-state index in [9.17, 15) is 4.79 Å². The largest absolute Gasteiger partial charge is 0.326 e. The van der Waals surface area contributed by atoms with Crippen LogP contribution < -0.4 is 10.6 Å². The summed E-state index contributed by atoms with van der Waals surface area (Å²) >= 11 is 2.05. The third kappa shape index (κ3) is 6.48. The zero-order chi connectivity index (χ0) is 16.8. The first kappa shape index (κ1) is 20.6. The maximum atomic E-state index is 12.4. The molecule has 2 N–H and O–H groups in total. The van der Waals surface area contributed by atoms with Gasteiger partial charge < -0.3 is 15.5 Å². The molecule has 2 atom stereocenters. The van der Waals surface area contributed by atoms with Gasteiger partial charge >= 0.3 is 0 Å². The number of anilines is 1. The smallest absolute Gasteiger partial charge is 0.227 e. The SMILES string of the molecule is C[C@H]1C[C@@H](C(=O)Nc2ccc(CCN3CCSCC3)cc2)CCN1.Cl. The van der Waals surface area contributed by atoms with Crippen molar-refractivity contribution in [2.24, 2.45) is 5.92 Å². The van der Waals surface area contributed by atoms with E-state index in [0.29, 0.717) is 6.04 Å². The molecule has 0 spiro atoms. The Kier molecular flexibility index (Phi) is 8.56. The second kappa shape index (κ2) is 10.4. The molecule has 1 aromatic rings. The van der Waals surface area contributed by atoms with Gasteiger partial charge in [-0.05, 0) is 50.4 Å². The van der Waals surface area contributed by atoms with Crippen LogP contribution in [-0.4, -0.2) is 54.5 Å². The summed E-state index contributed by atoms with van der Waals surface area (Å²) < 4.78 is 0. The number of rotatable bonds is 5. The number of halogens is 1. The van der Waals surface area contributed by atoms with Gasteiger partial charge in [0.25, 0.3) is 0 Å². The van der Waals surface area contributed by atoms with Crippen LogP contribution in [-0.2, 0) is 11.2 Å². The van der Waals surface area contributed by atoms with Gasteiger partial charge in [0.05, 0.1) is 0 Å². The average Bonchev–Trinajstić information content (AvgIpc) is 2.62. The van der Waals surface area contributed by atoms with Crippen LogP contribution >= 0.6 is 24.2 Å². The van der Waals surface area contributed by atoms with Crippen molar-refractivity contribution in [3.05, 3.63) is 29.8 Å². The summed E-state index contributed by atoms with van der Waals surface area (Å²) in [6.07, 6.45) is 2.95. The quantitative estimate of drug-likeness (QED) is 0.820. The number of amides is 1. The fourth-order valence-electron chi connectivity index (χ4n) is 3.48. The Morgan fingerprint density at radius 3 is 2.68 bits per heavy atom. The zero-order valence-electron chi connectivity index (χ0n) is 15.0. The lowest BCUT2D eigenvalue weighted by Gasteiger charge is -2.27. The molecule has 2 saturated heterocycles. The van der Waals surface area contributed by atoms with Gasteiger partial charge in [0.2, 0.25) is 5.91 Å². The van der Waals surface area contributed by atoms with Gasteiger partial charge in [-0.3, -0.25) is 4.79 Å². The van der Waals surface area contributed by atoms with Crippen molar-refractivity contribution in [1.29, 1.82) is 0 Å². The van der Waals surface area contributed by atoms with Crippen LogP contribution in [0.5, 0.6) is 0 Å². The highest BCUT2D eigenvalue weighted by molar-refractivity contribution is 7.99. The van der Waals surface area contributed by atoms with Crippen molar-refractivity contribution < 1.29 is 4.79 Å². The fourth-order valence-corrected chi connectivity index (χ4v) is 4.46. The molecule has 3 rings (SSSR count). The molecule has 1 amide bonds. The number of hydrogen-bond acceptors (Lipinski definition) is 4. The fraction of sp³-hybridized carbons (Fsp3) is 0.632. The van der Waals surface area contributed by atoms with E-state index in [1.807, 2.05) is 12.1 Å². The van der Waals surface area contributed by atoms with E-state index in [1.165, 1.54) is 30.2 Å². The monoisotopic (exact) mass is 383 g/mol. The lowest BCUT2D eigenvalue weighted by Crippen LogP contribution is -2.40. The van der Waals surface area contributed by atoms with Gasteiger partial charge in [-0.15, -0.1) is 12.4 Å². The van der Waals surface area contributed by atoms with Crippen molar-refractivity contribution in [2.45, 2.75) is 32.2 Å².